The van der Waals surface area contributed by atoms with Gasteiger partial charge in [-0.2, -0.15) is 10.4 Å². The molecule has 0 spiro atoms. The van der Waals surface area contributed by atoms with Crippen LogP contribution >= 0.6 is 0 Å². The van der Waals surface area contributed by atoms with Gasteiger partial charge in [-0.25, -0.2) is 15.0 Å². The summed E-state index contributed by atoms with van der Waals surface area (Å²) in [4.78, 5) is 23.5. The smallest absolute Gasteiger partial charge is 0.246 e. The fraction of sp³-hybridized carbons (Fsp3) is 0.350. The first-order valence-corrected chi connectivity index (χ1v) is 9.14. The van der Waals surface area contributed by atoms with Gasteiger partial charge in [-0.15, -0.1) is 0 Å². The van der Waals surface area contributed by atoms with Gasteiger partial charge in [0.1, 0.15) is 6.07 Å². The van der Waals surface area contributed by atoms with Gasteiger partial charge in [-0.3, -0.25) is 4.79 Å². The molecule has 1 unspecified atom stereocenters. The molecule has 2 aliphatic rings. The molecule has 3 heterocycles. The van der Waals surface area contributed by atoms with Crippen LogP contribution in [0.5, 0.6) is 0 Å². The van der Waals surface area contributed by atoms with E-state index in [2.05, 4.69) is 21.1 Å². The number of nitriles is 1. The molecule has 1 aromatic heterocycles. The van der Waals surface area contributed by atoms with E-state index in [1.807, 2.05) is 41.4 Å². The van der Waals surface area contributed by atoms with Crippen molar-refractivity contribution >= 4 is 17.9 Å². The molecule has 0 saturated carbocycles. The van der Waals surface area contributed by atoms with Gasteiger partial charge < -0.3 is 4.90 Å². The van der Waals surface area contributed by atoms with Crippen LogP contribution in [0.4, 0.5) is 5.82 Å². The van der Waals surface area contributed by atoms with Crippen LogP contribution in [0.25, 0.3) is 0 Å². The second-order valence-corrected chi connectivity index (χ2v) is 6.74. The van der Waals surface area contributed by atoms with Crippen molar-refractivity contribution in [2.45, 2.75) is 25.3 Å². The van der Waals surface area contributed by atoms with E-state index in [1.54, 1.807) is 11.2 Å². The molecule has 1 amide bonds. The third kappa shape index (κ3) is 3.38. The maximum Gasteiger partial charge on any atom is 0.246 e. The molecule has 1 atom stereocenters. The minimum Gasteiger partial charge on any atom is -0.354 e. The number of hydrogen-bond donors (Lipinski definition) is 0. The normalized spacial score (nSPS) is 19.9. The van der Waals surface area contributed by atoms with Crippen LogP contribution < -0.4 is 4.90 Å². The molecule has 7 heteroatoms. The number of anilines is 1. The number of rotatable bonds is 3. The number of aromatic nitrogens is 2. The van der Waals surface area contributed by atoms with Gasteiger partial charge in [-0.1, -0.05) is 30.3 Å². The summed E-state index contributed by atoms with van der Waals surface area (Å²) in [6, 6.07) is 12.1. The van der Waals surface area contributed by atoms with Crippen molar-refractivity contribution in [3.63, 3.8) is 0 Å². The number of benzene rings is 1. The van der Waals surface area contributed by atoms with E-state index in [0.717, 1.165) is 12.0 Å². The van der Waals surface area contributed by atoms with Crippen LogP contribution in [0.2, 0.25) is 0 Å². The first-order valence-electron chi connectivity index (χ1n) is 9.14. The molecule has 2 aliphatic heterocycles. The van der Waals surface area contributed by atoms with Crippen molar-refractivity contribution < 1.29 is 4.79 Å². The van der Waals surface area contributed by atoms with Gasteiger partial charge in [0.05, 0.1) is 6.04 Å². The summed E-state index contributed by atoms with van der Waals surface area (Å²) in [6.07, 6.45) is 7.12. The zero-order chi connectivity index (χ0) is 18.6. The predicted molar refractivity (Wildman–Crippen MR) is 101 cm³/mol. The minimum absolute atomic E-state index is 0.0121. The van der Waals surface area contributed by atoms with Crippen molar-refractivity contribution in [2.24, 2.45) is 11.0 Å². The van der Waals surface area contributed by atoms with E-state index in [-0.39, 0.29) is 17.9 Å². The highest BCUT2D eigenvalue weighted by Gasteiger charge is 2.35. The number of nitrogens with zero attached hydrogens (tertiary/aromatic N) is 6. The Balaban J connectivity index is 1.43. The molecule has 0 radical (unpaired) electrons. The lowest BCUT2D eigenvalue weighted by Crippen LogP contribution is -2.41. The third-order valence-corrected chi connectivity index (χ3v) is 5.17. The molecule has 1 fully saturated rings. The van der Waals surface area contributed by atoms with Crippen molar-refractivity contribution in [1.29, 1.82) is 5.26 Å². The van der Waals surface area contributed by atoms with Crippen LogP contribution in [0.3, 0.4) is 0 Å². The van der Waals surface area contributed by atoms with E-state index in [9.17, 15) is 10.1 Å². The second-order valence-electron chi connectivity index (χ2n) is 6.74. The lowest BCUT2D eigenvalue weighted by atomic mass is 9.94. The highest BCUT2D eigenvalue weighted by atomic mass is 16.2. The van der Waals surface area contributed by atoms with Gasteiger partial charge in [0.2, 0.25) is 5.91 Å². The maximum absolute atomic E-state index is 13.1. The van der Waals surface area contributed by atoms with E-state index in [0.29, 0.717) is 37.4 Å². The summed E-state index contributed by atoms with van der Waals surface area (Å²) in [6.45, 7) is 1.36. The van der Waals surface area contributed by atoms with E-state index in [1.165, 1.54) is 6.20 Å². The zero-order valence-electron chi connectivity index (χ0n) is 14.9. The minimum atomic E-state index is -0.0649. The topological polar surface area (TPSA) is 85.5 Å². The standard InChI is InChI=1S/C20H20N6O/c21-14-17-19(23-11-10-22-17)25-12-7-16(8-13-25)20(27)26-18(6-9-24-26)15-4-2-1-3-5-15/h1-5,9-11,16,18H,6-8,12-13H2. The van der Waals surface area contributed by atoms with Crippen LogP contribution in [0.15, 0.2) is 47.8 Å². The van der Waals surface area contributed by atoms with Crippen LogP contribution in [0, 0.1) is 17.2 Å². The van der Waals surface area contributed by atoms with Crippen molar-refractivity contribution in [3.8, 4) is 6.07 Å². The Morgan fingerprint density at radius 3 is 2.59 bits per heavy atom. The summed E-state index contributed by atoms with van der Waals surface area (Å²) in [7, 11) is 0. The fourth-order valence-electron chi connectivity index (χ4n) is 3.74. The molecule has 4 rings (SSSR count). The quantitative estimate of drug-likeness (QED) is 0.839. The van der Waals surface area contributed by atoms with E-state index < -0.39 is 0 Å². The van der Waals surface area contributed by atoms with Crippen LogP contribution in [-0.2, 0) is 4.79 Å². The largest absolute Gasteiger partial charge is 0.354 e. The molecule has 1 aromatic carbocycles. The number of carbonyl (C=O) groups is 1. The lowest BCUT2D eigenvalue weighted by molar-refractivity contribution is -0.138. The molecule has 2 aromatic rings. The van der Waals surface area contributed by atoms with Crippen molar-refractivity contribution in [1.82, 2.24) is 15.0 Å². The highest BCUT2D eigenvalue weighted by molar-refractivity contribution is 5.82. The summed E-state index contributed by atoms with van der Waals surface area (Å²) in [5.74, 6) is 0.620. The fourth-order valence-corrected chi connectivity index (χ4v) is 3.74. The molecule has 0 aliphatic carbocycles. The Hall–Kier alpha value is -3.27. The van der Waals surface area contributed by atoms with Crippen molar-refractivity contribution in [3.05, 3.63) is 54.0 Å². The van der Waals surface area contributed by atoms with Gasteiger partial charge in [0.25, 0.3) is 0 Å². The third-order valence-electron chi connectivity index (χ3n) is 5.17. The molecular weight excluding hydrogens is 340 g/mol. The number of piperidine rings is 1. The number of hydrogen-bond acceptors (Lipinski definition) is 6. The summed E-state index contributed by atoms with van der Waals surface area (Å²) >= 11 is 0. The Labute approximate surface area is 158 Å². The second kappa shape index (κ2) is 7.54. The van der Waals surface area contributed by atoms with Crippen LogP contribution in [-0.4, -0.2) is 40.2 Å². The SMILES string of the molecule is N#Cc1nccnc1N1CCC(C(=O)N2N=CCC2c2ccccc2)CC1. The van der Waals surface area contributed by atoms with Gasteiger partial charge in [0, 0.05) is 44.0 Å². The molecule has 1 saturated heterocycles. The average Bonchev–Trinajstić information content (AvgIpc) is 3.24. The number of amides is 1. The molecule has 0 bridgehead atoms. The Bertz CT molecular complexity index is 883. The predicted octanol–water partition coefficient (Wildman–Crippen LogP) is 2.52. The van der Waals surface area contributed by atoms with E-state index >= 15 is 0 Å². The van der Waals surface area contributed by atoms with Crippen molar-refractivity contribution in [2.75, 3.05) is 18.0 Å². The average molecular weight is 360 g/mol. The molecule has 27 heavy (non-hydrogen) atoms. The highest BCUT2D eigenvalue weighted by Crippen LogP contribution is 2.32. The van der Waals surface area contributed by atoms with Gasteiger partial charge >= 0.3 is 0 Å². The Kier molecular flexibility index (Phi) is 4.79. The molecule has 7 nitrogen and oxygen atoms in total. The Morgan fingerprint density at radius 2 is 1.85 bits per heavy atom. The van der Waals surface area contributed by atoms with Gasteiger partial charge in [0.15, 0.2) is 11.5 Å². The monoisotopic (exact) mass is 360 g/mol. The molecule has 0 N–H and O–H groups in total. The van der Waals surface area contributed by atoms with Gasteiger partial charge in [-0.05, 0) is 18.4 Å². The zero-order valence-corrected chi connectivity index (χ0v) is 14.9. The number of carbonyl (C=O) groups excluding carboxylic acids is 1. The number of hydrazone groups is 1. The Morgan fingerprint density at radius 1 is 1.11 bits per heavy atom. The first kappa shape index (κ1) is 17.2. The lowest BCUT2D eigenvalue weighted by Gasteiger charge is -2.34. The summed E-state index contributed by atoms with van der Waals surface area (Å²) in [5.41, 5.74) is 1.44. The summed E-state index contributed by atoms with van der Waals surface area (Å²) < 4.78 is 0. The maximum atomic E-state index is 13.1. The molecule has 136 valence electrons. The molecular formula is C20H20N6O. The first-order chi connectivity index (χ1) is 13.3. The van der Waals surface area contributed by atoms with E-state index in [4.69, 9.17) is 0 Å². The summed E-state index contributed by atoms with van der Waals surface area (Å²) in [5, 5.41) is 15.2. The van der Waals surface area contributed by atoms with Crippen LogP contribution in [0.1, 0.15) is 36.6 Å².